The molecule has 4 nitrogen and oxygen atoms in total. The minimum Gasteiger partial charge on any atom is -0.384 e. The molecule has 2 N–H and O–H groups in total. The van der Waals surface area contributed by atoms with E-state index in [1.165, 1.54) is 13.0 Å². The van der Waals surface area contributed by atoms with Gasteiger partial charge in [0.25, 0.3) is 0 Å². The van der Waals surface area contributed by atoms with Crippen LogP contribution in [-0.2, 0) is 12.1 Å². The van der Waals surface area contributed by atoms with Gasteiger partial charge >= 0.3 is 0 Å². The van der Waals surface area contributed by atoms with Gasteiger partial charge in [-0.1, -0.05) is 6.07 Å². The molecule has 7 heteroatoms. The highest BCUT2D eigenvalue weighted by atomic mass is 32.1. The topological polar surface area (TPSA) is 48.4 Å². The summed E-state index contributed by atoms with van der Waals surface area (Å²) in [5, 5.41) is 14.5. The first kappa shape index (κ1) is 17.8. The van der Waals surface area contributed by atoms with Gasteiger partial charge in [-0.05, 0) is 19.9 Å². The van der Waals surface area contributed by atoms with Gasteiger partial charge in [0, 0.05) is 43.7 Å². The van der Waals surface area contributed by atoms with Crippen molar-refractivity contribution in [1.29, 1.82) is 0 Å². The molecule has 0 aliphatic rings. The van der Waals surface area contributed by atoms with Gasteiger partial charge in [-0.25, -0.2) is 13.8 Å². The van der Waals surface area contributed by atoms with E-state index in [2.05, 4.69) is 10.3 Å². The first-order valence-electron chi connectivity index (χ1n) is 7.23. The lowest BCUT2D eigenvalue weighted by atomic mass is 9.95. The lowest BCUT2D eigenvalue weighted by Gasteiger charge is -2.24. The van der Waals surface area contributed by atoms with Crippen LogP contribution in [0.15, 0.2) is 18.2 Å². The summed E-state index contributed by atoms with van der Waals surface area (Å²) in [6.07, 6.45) is 0. The first-order valence-corrected chi connectivity index (χ1v) is 8.04. The maximum Gasteiger partial charge on any atom is 0.185 e. The van der Waals surface area contributed by atoms with Crippen molar-refractivity contribution >= 4 is 16.5 Å². The Morgan fingerprint density at radius 1 is 1.35 bits per heavy atom. The third kappa shape index (κ3) is 4.25. The van der Waals surface area contributed by atoms with Crippen LogP contribution in [0.4, 0.5) is 13.9 Å². The van der Waals surface area contributed by atoms with Gasteiger partial charge in [0.2, 0.25) is 0 Å². The second kappa shape index (κ2) is 6.90. The van der Waals surface area contributed by atoms with Crippen molar-refractivity contribution in [3.63, 3.8) is 0 Å². The Labute approximate surface area is 138 Å². The van der Waals surface area contributed by atoms with E-state index in [1.807, 2.05) is 25.9 Å². The van der Waals surface area contributed by atoms with Crippen molar-refractivity contribution in [3.05, 3.63) is 46.0 Å². The predicted octanol–water partition coefficient (Wildman–Crippen LogP) is 2.79. The number of thiazole rings is 1. The van der Waals surface area contributed by atoms with E-state index in [1.54, 1.807) is 11.3 Å². The minimum atomic E-state index is -1.43. The van der Waals surface area contributed by atoms with E-state index < -0.39 is 17.2 Å². The van der Waals surface area contributed by atoms with Gasteiger partial charge in [-0.15, -0.1) is 11.3 Å². The summed E-state index contributed by atoms with van der Waals surface area (Å²) in [5.41, 5.74) is -0.430. The molecular formula is C16H21F2N3OS. The van der Waals surface area contributed by atoms with Crippen molar-refractivity contribution in [2.75, 3.05) is 25.5 Å². The number of aliphatic hydroxyl groups is 1. The Morgan fingerprint density at radius 3 is 2.61 bits per heavy atom. The maximum absolute atomic E-state index is 13.8. The van der Waals surface area contributed by atoms with Gasteiger partial charge in [-0.3, -0.25) is 0 Å². The Bertz CT molecular complexity index is 686. The predicted molar refractivity (Wildman–Crippen MR) is 88.8 cm³/mol. The van der Waals surface area contributed by atoms with Crippen LogP contribution in [0.2, 0.25) is 0 Å². The van der Waals surface area contributed by atoms with Crippen LogP contribution in [0.1, 0.15) is 23.1 Å². The fraction of sp³-hybridized carbons (Fsp3) is 0.438. The molecule has 0 fully saturated rings. The van der Waals surface area contributed by atoms with E-state index in [4.69, 9.17) is 0 Å². The highest BCUT2D eigenvalue weighted by molar-refractivity contribution is 7.15. The molecule has 2 rings (SSSR count). The Kier molecular flexibility index (Phi) is 5.33. The van der Waals surface area contributed by atoms with Crippen LogP contribution >= 0.6 is 11.3 Å². The third-order valence-electron chi connectivity index (χ3n) is 3.53. The maximum atomic E-state index is 13.8. The summed E-state index contributed by atoms with van der Waals surface area (Å²) in [4.78, 5) is 7.44. The number of aromatic nitrogens is 1. The zero-order chi connectivity index (χ0) is 17.2. The van der Waals surface area contributed by atoms with Crippen LogP contribution in [0, 0.1) is 18.6 Å². The second-order valence-corrected chi connectivity index (χ2v) is 6.96. The molecule has 1 atom stereocenters. The van der Waals surface area contributed by atoms with E-state index >= 15 is 0 Å². The number of hydrogen-bond acceptors (Lipinski definition) is 5. The quantitative estimate of drug-likeness (QED) is 0.848. The van der Waals surface area contributed by atoms with Gasteiger partial charge in [0.1, 0.15) is 17.2 Å². The number of benzene rings is 1. The van der Waals surface area contributed by atoms with Gasteiger partial charge in [0.05, 0.1) is 5.69 Å². The number of anilines is 1. The second-order valence-electron chi connectivity index (χ2n) is 5.90. The normalized spacial score (nSPS) is 13.9. The van der Waals surface area contributed by atoms with Crippen LogP contribution < -0.4 is 10.2 Å². The lowest BCUT2D eigenvalue weighted by molar-refractivity contribution is 0.0529. The third-order valence-corrected chi connectivity index (χ3v) is 4.86. The summed E-state index contributed by atoms with van der Waals surface area (Å²) >= 11 is 1.57. The van der Waals surface area contributed by atoms with Crippen LogP contribution in [0.5, 0.6) is 0 Å². The van der Waals surface area contributed by atoms with Crippen molar-refractivity contribution in [3.8, 4) is 0 Å². The molecule has 0 aliphatic heterocycles. The average molecular weight is 341 g/mol. The summed E-state index contributed by atoms with van der Waals surface area (Å²) in [5.74, 6) is -1.41. The fourth-order valence-electron chi connectivity index (χ4n) is 2.21. The fourth-order valence-corrected chi connectivity index (χ4v) is 3.16. The van der Waals surface area contributed by atoms with Gasteiger partial charge in [-0.2, -0.15) is 0 Å². The molecule has 0 spiro atoms. The lowest BCUT2D eigenvalue weighted by Crippen LogP contribution is -2.36. The summed E-state index contributed by atoms with van der Waals surface area (Å²) < 4.78 is 26.8. The van der Waals surface area contributed by atoms with E-state index in [0.717, 1.165) is 27.8 Å². The minimum absolute atomic E-state index is 0.0707. The van der Waals surface area contributed by atoms with Gasteiger partial charge in [0.15, 0.2) is 5.13 Å². The van der Waals surface area contributed by atoms with Crippen LogP contribution in [-0.4, -0.2) is 30.7 Å². The summed E-state index contributed by atoms with van der Waals surface area (Å²) in [6.45, 7) is 4.10. The molecule has 2 aromatic rings. The molecule has 0 aliphatic carbocycles. The highest BCUT2D eigenvalue weighted by Crippen LogP contribution is 2.26. The molecule has 1 unspecified atom stereocenters. The molecule has 0 radical (unpaired) electrons. The van der Waals surface area contributed by atoms with Crippen molar-refractivity contribution in [2.24, 2.45) is 0 Å². The van der Waals surface area contributed by atoms with E-state index in [-0.39, 0.29) is 12.1 Å². The number of hydrogen-bond donors (Lipinski definition) is 2. The van der Waals surface area contributed by atoms with E-state index in [9.17, 15) is 13.9 Å². The molecule has 1 aromatic carbocycles. The smallest absolute Gasteiger partial charge is 0.185 e. The van der Waals surface area contributed by atoms with Crippen molar-refractivity contribution in [2.45, 2.75) is 26.0 Å². The zero-order valence-corrected chi connectivity index (χ0v) is 14.5. The number of rotatable bonds is 6. The number of halogens is 2. The molecule has 0 saturated carbocycles. The van der Waals surface area contributed by atoms with Crippen molar-refractivity contribution in [1.82, 2.24) is 10.3 Å². The molecule has 23 heavy (non-hydrogen) atoms. The zero-order valence-electron chi connectivity index (χ0n) is 13.7. The van der Waals surface area contributed by atoms with Crippen LogP contribution in [0.3, 0.4) is 0 Å². The van der Waals surface area contributed by atoms with Gasteiger partial charge < -0.3 is 15.3 Å². The number of nitrogens with one attached hydrogen (secondary N) is 1. The molecule has 0 bridgehead atoms. The number of aryl methyl sites for hydroxylation is 1. The summed E-state index contributed by atoms with van der Waals surface area (Å²) in [7, 11) is 3.86. The largest absolute Gasteiger partial charge is 0.384 e. The monoisotopic (exact) mass is 341 g/mol. The molecule has 0 saturated heterocycles. The standard InChI is InChI=1S/C16H21F2N3OS/c1-10-14(23-15(20-10)21(3)4)8-19-9-16(2,22)12-6-5-11(17)7-13(12)18/h5-7,19,22H,8-9H2,1-4H3. The molecule has 126 valence electrons. The molecule has 1 aromatic heterocycles. The Hall–Kier alpha value is -1.57. The molecule has 1 heterocycles. The number of nitrogens with zero attached hydrogens (tertiary/aromatic N) is 2. The molecule has 0 amide bonds. The average Bonchev–Trinajstić information content (AvgIpc) is 2.80. The molecular weight excluding hydrogens is 320 g/mol. The van der Waals surface area contributed by atoms with Crippen LogP contribution in [0.25, 0.3) is 0 Å². The first-order chi connectivity index (χ1) is 10.7. The Morgan fingerprint density at radius 2 is 2.04 bits per heavy atom. The SMILES string of the molecule is Cc1nc(N(C)C)sc1CNCC(C)(O)c1ccc(F)cc1F. The highest BCUT2D eigenvalue weighted by Gasteiger charge is 2.26. The van der Waals surface area contributed by atoms with E-state index in [0.29, 0.717) is 6.54 Å². The Balaban J connectivity index is 2.02. The summed E-state index contributed by atoms with van der Waals surface area (Å²) in [6, 6.07) is 3.19. The van der Waals surface area contributed by atoms with Crippen molar-refractivity contribution < 1.29 is 13.9 Å².